The summed E-state index contributed by atoms with van der Waals surface area (Å²) in [4.78, 5) is 13.4. The zero-order chi connectivity index (χ0) is 34.0. The van der Waals surface area contributed by atoms with Crippen LogP contribution in [-0.4, -0.2) is 34.9 Å². The molecule has 5 heteroatoms. The zero-order valence-electron chi connectivity index (χ0n) is 32.8. The zero-order valence-corrected chi connectivity index (χ0v) is 34.8. The summed E-state index contributed by atoms with van der Waals surface area (Å²) in [5.74, 6) is 0. The Bertz CT molecular complexity index is 585. The molecule has 0 aromatic carbocycles. The molecule has 46 heavy (non-hydrogen) atoms. The fourth-order valence-corrected chi connectivity index (χ4v) is 14.6. The van der Waals surface area contributed by atoms with Gasteiger partial charge in [0.1, 0.15) is 0 Å². The summed E-state index contributed by atoms with van der Waals surface area (Å²) >= 11 is 0. The topological polar surface area (TPSA) is 35.5 Å². The van der Waals surface area contributed by atoms with Gasteiger partial charge in [0.25, 0.3) is 16.6 Å². The van der Waals surface area contributed by atoms with E-state index in [0.717, 1.165) is 26.1 Å². The Morgan fingerprint density at radius 2 is 0.500 bits per heavy atom. The molecule has 0 aliphatic carbocycles. The minimum Gasteiger partial charge on any atom is -0.410 e. The van der Waals surface area contributed by atoms with Crippen LogP contribution in [0.1, 0.15) is 219 Å². The predicted molar refractivity (Wildman–Crippen MR) is 211 cm³/mol. The van der Waals surface area contributed by atoms with Crippen molar-refractivity contribution in [2.24, 2.45) is 0 Å². The van der Waals surface area contributed by atoms with E-state index in [1.807, 2.05) is 0 Å². The van der Waals surface area contributed by atoms with Gasteiger partial charge in [0.05, 0.1) is 0 Å². The first-order valence-electron chi connectivity index (χ1n) is 21.1. The lowest BCUT2D eigenvalue weighted by Crippen LogP contribution is -2.56. The quantitative estimate of drug-likeness (QED) is 0.0480. The molecule has 0 aliphatic heterocycles. The summed E-state index contributed by atoms with van der Waals surface area (Å²) in [5, 5.41) is 0.341. The van der Waals surface area contributed by atoms with E-state index in [2.05, 4.69) is 40.0 Å². The highest BCUT2D eigenvalue weighted by molar-refractivity contribution is 7.27. The molecule has 0 bridgehead atoms. The van der Waals surface area contributed by atoms with Crippen molar-refractivity contribution in [2.75, 3.05) is 13.2 Å². The molecule has 0 unspecified atom stereocenters. The number of unbranched alkanes of at least 4 members (excludes halogenated alkanes) is 30. The SMILES string of the molecule is CCCCCCCCCCCCCCCCCCO[Si](C)(C)C(=O)[Si](C)(C)OCCCCCCCCCCCCCCCCCC. The smallest absolute Gasteiger partial charge is 0.256 e. The number of rotatable bonds is 38. The monoisotopic (exact) mass is 683 g/mol. The van der Waals surface area contributed by atoms with Gasteiger partial charge in [0.2, 0.25) is 0 Å². The maximum Gasteiger partial charge on any atom is 0.256 e. The molecule has 0 heterocycles. The van der Waals surface area contributed by atoms with Crippen LogP contribution in [0.5, 0.6) is 0 Å². The first-order chi connectivity index (χ1) is 22.3. The first kappa shape index (κ1) is 46.0. The van der Waals surface area contributed by atoms with Crippen LogP contribution < -0.4 is 0 Å². The molecular weight excluding hydrogens is 597 g/mol. The van der Waals surface area contributed by atoms with Crippen LogP contribution in [0.15, 0.2) is 0 Å². The Balaban J connectivity index is 3.63. The van der Waals surface area contributed by atoms with Gasteiger partial charge in [-0.05, 0) is 39.0 Å². The molecule has 276 valence electrons. The van der Waals surface area contributed by atoms with E-state index in [1.54, 1.807) is 0 Å². The number of hydrogen-bond donors (Lipinski definition) is 0. The van der Waals surface area contributed by atoms with Gasteiger partial charge in [0.15, 0.2) is 5.03 Å². The highest BCUT2D eigenvalue weighted by Gasteiger charge is 2.45. The highest BCUT2D eigenvalue weighted by Crippen LogP contribution is 2.20. The Morgan fingerprint density at radius 3 is 0.696 bits per heavy atom. The molecule has 0 spiro atoms. The fraction of sp³-hybridized carbons (Fsp3) is 0.976. The average molecular weight is 683 g/mol. The lowest BCUT2D eigenvalue weighted by Gasteiger charge is -2.30. The van der Waals surface area contributed by atoms with Crippen molar-refractivity contribution in [2.45, 2.75) is 246 Å². The van der Waals surface area contributed by atoms with E-state index in [-0.39, 0.29) is 0 Å². The molecule has 0 aromatic rings. The molecule has 0 N–H and O–H groups in total. The standard InChI is InChI=1S/C41H86O3Si2/c1-7-9-11-13-15-17-19-21-23-25-27-29-31-33-35-37-39-43-45(3,4)41(42)46(5,6)44-40-38-36-34-32-30-28-26-24-22-20-18-16-14-12-10-8-2/h7-40H2,1-6H3. The second kappa shape index (κ2) is 33.5. The molecule has 0 aromatic heterocycles. The third kappa shape index (κ3) is 30.1. The Labute approximate surface area is 293 Å². The molecule has 0 aliphatic rings. The van der Waals surface area contributed by atoms with E-state index in [4.69, 9.17) is 8.85 Å². The third-order valence-corrected chi connectivity index (χ3v) is 17.7. The largest absolute Gasteiger partial charge is 0.410 e. The van der Waals surface area contributed by atoms with Gasteiger partial charge in [-0.2, -0.15) is 0 Å². The molecule has 0 amide bonds. The lowest BCUT2D eigenvalue weighted by atomic mass is 10.0. The fourth-order valence-electron chi connectivity index (χ4n) is 6.81. The van der Waals surface area contributed by atoms with Crippen LogP contribution in [0.25, 0.3) is 0 Å². The van der Waals surface area contributed by atoms with Crippen LogP contribution in [0.4, 0.5) is 4.79 Å². The molecular formula is C41H86O3Si2. The third-order valence-electron chi connectivity index (χ3n) is 10.0. The molecule has 0 radical (unpaired) electrons. The van der Waals surface area contributed by atoms with Crippen LogP contribution in [0, 0.1) is 0 Å². The van der Waals surface area contributed by atoms with Crippen molar-refractivity contribution in [3.05, 3.63) is 0 Å². The Kier molecular flexibility index (Phi) is 33.5. The minimum atomic E-state index is -2.37. The van der Waals surface area contributed by atoms with Gasteiger partial charge in [-0.15, -0.1) is 0 Å². The van der Waals surface area contributed by atoms with Crippen LogP contribution in [0.2, 0.25) is 26.2 Å². The average Bonchev–Trinajstić information content (AvgIpc) is 3.03. The molecule has 0 atom stereocenters. The van der Waals surface area contributed by atoms with Crippen LogP contribution in [-0.2, 0) is 8.85 Å². The van der Waals surface area contributed by atoms with Crippen molar-refractivity contribution in [1.29, 1.82) is 0 Å². The number of hydrogen-bond acceptors (Lipinski definition) is 3. The number of carbonyl (C=O) groups excluding carboxylic acids is 1. The summed E-state index contributed by atoms with van der Waals surface area (Å²) in [6, 6.07) is 0. The van der Waals surface area contributed by atoms with Crippen molar-refractivity contribution in [1.82, 2.24) is 0 Å². The predicted octanol–water partition coefficient (Wildman–Crippen LogP) is 15.2. The van der Waals surface area contributed by atoms with Gasteiger partial charge < -0.3 is 13.6 Å². The molecule has 3 nitrogen and oxygen atoms in total. The summed E-state index contributed by atoms with van der Waals surface area (Å²) in [6.07, 6.45) is 44.1. The number of carbonyl (C=O) groups is 1. The van der Waals surface area contributed by atoms with Crippen molar-refractivity contribution in [3.63, 3.8) is 0 Å². The summed E-state index contributed by atoms with van der Waals surface area (Å²) in [7, 11) is -4.73. The van der Waals surface area contributed by atoms with E-state index in [1.165, 1.54) is 193 Å². The molecule has 0 fully saturated rings. The summed E-state index contributed by atoms with van der Waals surface area (Å²) < 4.78 is 12.6. The normalized spacial score (nSPS) is 12.3. The Morgan fingerprint density at radius 1 is 0.326 bits per heavy atom. The van der Waals surface area contributed by atoms with Gasteiger partial charge in [0, 0.05) is 13.2 Å². The van der Waals surface area contributed by atoms with E-state index < -0.39 is 16.6 Å². The maximum absolute atomic E-state index is 13.4. The van der Waals surface area contributed by atoms with Crippen LogP contribution >= 0.6 is 0 Å². The second-order valence-corrected chi connectivity index (χ2v) is 23.7. The first-order valence-corrected chi connectivity index (χ1v) is 26.9. The summed E-state index contributed by atoms with van der Waals surface area (Å²) in [5.41, 5.74) is 0. The van der Waals surface area contributed by atoms with Gasteiger partial charge >= 0.3 is 0 Å². The van der Waals surface area contributed by atoms with E-state index in [0.29, 0.717) is 5.03 Å². The van der Waals surface area contributed by atoms with E-state index >= 15 is 0 Å². The van der Waals surface area contributed by atoms with Gasteiger partial charge in [-0.3, -0.25) is 0 Å². The molecule has 0 saturated carbocycles. The second-order valence-electron chi connectivity index (χ2n) is 15.7. The van der Waals surface area contributed by atoms with Gasteiger partial charge in [-0.1, -0.05) is 206 Å². The maximum atomic E-state index is 13.4. The van der Waals surface area contributed by atoms with Crippen molar-refractivity contribution >= 4 is 21.7 Å². The highest BCUT2D eigenvalue weighted by atomic mass is 28.4. The van der Waals surface area contributed by atoms with Crippen molar-refractivity contribution < 1.29 is 13.6 Å². The molecule has 0 rings (SSSR count). The van der Waals surface area contributed by atoms with Crippen LogP contribution in [0.3, 0.4) is 0 Å². The minimum absolute atomic E-state index is 0.341. The lowest BCUT2D eigenvalue weighted by molar-refractivity contribution is 0.244. The molecule has 0 saturated heterocycles. The van der Waals surface area contributed by atoms with Gasteiger partial charge in [-0.25, -0.2) is 0 Å². The Hall–Kier alpha value is 0.0238. The van der Waals surface area contributed by atoms with E-state index in [9.17, 15) is 4.79 Å². The van der Waals surface area contributed by atoms with Crippen molar-refractivity contribution in [3.8, 4) is 0 Å². The summed E-state index contributed by atoms with van der Waals surface area (Å²) in [6.45, 7) is 14.4.